The Hall–Kier alpha value is -5.46. The Labute approximate surface area is 396 Å². The third-order valence-electron chi connectivity index (χ3n) is 15.1. The molecule has 0 N–H and O–H groups in total. The van der Waals surface area contributed by atoms with Crippen LogP contribution in [-0.4, -0.2) is 0 Å². The van der Waals surface area contributed by atoms with Gasteiger partial charge in [0.15, 0.2) is 0 Å². The first kappa shape index (κ1) is 45.7. The zero-order chi connectivity index (χ0) is 45.1. The molecule has 0 saturated heterocycles. The largest absolute Gasteiger partial charge is 0.0654 e. The topological polar surface area (TPSA) is 0 Å². The summed E-state index contributed by atoms with van der Waals surface area (Å²) in [5.41, 5.74) is 9.98. The van der Waals surface area contributed by atoms with Crippen LogP contribution in [0.3, 0.4) is 0 Å². The van der Waals surface area contributed by atoms with Gasteiger partial charge in [-0.25, -0.2) is 0 Å². The maximum Gasteiger partial charge on any atom is -0.00958 e. The van der Waals surface area contributed by atoms with Crippen molar-refractivity contribution in [2.24, 2.45) is 0 Å². The van der Waals surface area contributed by atoms with Crippen LogP contribution in [0, 0.1) is 0 Å². The highest BCUT2D eigenvalue weighted by Crippen LogP contribution is 2.44. The Kier molecular flexibility index (Phi) is 15.5. The summed E-state index contributed by atoms with van der Waals surface area (Å²) in [6, 6.07) is 54.6. The fraction of sp³-hybridized carbons (Fsp3) is 0.364. The lowest BCUT2D eigenvalue weighted by atomic mass is 9.84. The van der Waals surface area contributed by atoms with Crippen LogP contribution in [0.1, 0.15) is 153 Å². The predicted octanol–water partition coefficient (Wildman–Crippen LogP) is 20.6. The lowest BCUT2D eigenvalue weighted by molar-refractivity contribution is 0.609. The van der Waals surface area contributed by atoms with E-state index in [1.807, 2.05) is 0 Å². The third-order valence-corrected chi connectivity index (χ3v) is 15.1. The normalized spacial score (nSPS) is 11.9. The minimum atomic E-state index is 1.10. The number of aryl methyl sites for hydroxylation is 3. The van der Waals surface area contributed by atoms with Crippen molar-refractivity contribution >= 4 is 64.6 Å². The summed E-state index contributed by atoms with van der Waals surface area (Å²) in [5.74, 6) is 0. The number of unbranched alkanes of at least 4 members (excludes halogenated alkanes) is 15. The van der Waals surface area contributed by atoms with Crippen molar-refractivity contribution in [1.29, 1.82) is 0 Å². The molecule has 0 aliphatic rings. The maximum absolute atomic E-state index is 2.59. The second kappa shape index (κ2) is 22.4. The standard InChI is InChI=1S/C66H74/c1-4-7-10-13-16-19-34-52-50-32-24-22-30-48(50)45-63-55(52)37-26-41-59(63)61-43-28-39-57-54(36-21-18-15-12-9-6-3)58-40-29-44-62(66(58)47-65(57)61)60-42-27-38-56-53(35-20-17-14-11-8-5-2)51-33-25-23-31-49(51)46-64(56)60/h22-33,37-47H,4-21,34-36H2,1-3H3. The molecule has 9 aromatic rings. The summed E-state index contributed by atoms with van der Waals surface area (Å²) in [7, 11) is 0. The highest BCUT2D eigenvalue weighted by atomic mass is 14.2. The van der Waals surface area contributed by atoms with Gasteiger partial charge in [-0.3, -0.25) is 0 Å². The van der Waals surface area contributed by atoms with Gasteiger partial charge in [0.05, 0.1) is 0 Å². The molecule has 0 heteroatoms. The van der Waals surface area contributed by atoms with Gasteiger partial charge in [0.25, 0.3) is 0 Å². The highest BCUT2D eigenvalue weighted by Gasteiger charge is 2.19. The van der Waals surface area contributed by atoms with Crippen molar-refractivity contribution in [2.45, 2.75) is 156 Å². The van der Waals surface area contributed by atoms with Gasteiger partial charge in [0.1, 0.15) is 0 Å². The molecule has 9 rings (SSSR count). The van der Waals surface area contributed by atoms with Crippen molar-refractivity contribution in [2.75, 3.05) is 0 Å². The molecular weight excluding hydrogens is 793 g/mol. The molecule has 0 nitrogen and oxygen atoms in total. The maximum atomic E-state index is 2.59. The third kappa shape index (κ3) is 9.81. The molecule has 0 heterocycles. The van der Waals surface area contributed by atoms with E-state index in [-0.39, 0.29) is 0 Å². The van der Waals surface area contributed by atoms with E-state index in [9.17, 15) is 0 Å². The quantitative estimate of drug-likeness (QED) is 0.0444. The van der Waals surface area contributed by atoms with Crippen LogP contribution < -0.4 is 0 Å². The van der Waals surface area contributed by atoms with Crippen LogP contribution in [0.25, 0.3) is 86.9 Å². The van der Waals surface area contributed by atoms with Crippen molar-refractivity contribution < 1.29 is 0 Å². The van der Waals surface area contributed by atoms with Crippen LogP contribution in [0.5, 0.6) is 0 Å². The SMILES string of the molecule is CCCCCCCCc1c2ccccc2cc2c(-c3cccc4c(CCCCCCCC)c5cccc(-c6cccc7c(CCCCCCCC)c8ccccc8cc67)c5cc34)cccc12. The molecule has 0 fully saturated rings. The zero-order valence-electron chi connectivity index (χ0n) is 40.6. The van der Waals surface area contributed by atoms with Gasteiger partial charge in [-0.05, 0) is 160 Å². The first-order valence-corrected chi connectivity index (χ1v) is 26.5. The second-order valence-electron chi connectivity index (χ2n) is 19.7. The fourth-order valence-corrected chi connectivity index (χ4v) is 11.6. The molecule has 0 bridgehead atoms. The minimum Gasteiger partial charge on any atom is -0.0654 e. The van der Waals surface area contributed by atoms with E-state index in [0.29, 0.717) is 0 Å². The Balaban J connectivity index is 1.22. The number of rotatable bonds is 23. The van der Waals surface area contributed by atoms with Crippen LogP contribution in [0.2, 0.25) is 0 Å². The molecule has 9 aromatic carbocycles. The number of hydrogen-bond donors (Lipinski definition) is 0. The van der Waals surface area contributed by atoms with E-state index in [1.54, 1.807) is 0 Å². The molecular formula is C66H74. The summed E-state index contributed by atoms with van der Waals surface area (Å²) in [4.78, 5) is 0. The number of hydrogen-bond acceptors (Lipinski definition) is 0. The molecule has 0 aliphatic carbocycles. The van der Waals surface area contributed by atoms with E-state index in [2.05, 4.69) is 160 Å². The van der Waals surface area contributed by atoms with Gasteiger partial charge in [0.2, 0.25) is 0 Å². The van der Waals surface area contributed by atoms with E-state index in [1.165, 1.54) is 219 Å². The molecule has 0 radical (unpaired) electrons. The lowest BCUT2D eigenvalue weighted by Gasteiger charge is -2.20. The first-order valence-electron chi connectivity index (χ1n) is 26.5. The first-order chi connectivity index (χ1) is 32.7. The monoisotopic (exact) mass is 867 g/mol. The number of benzene rings is 9. The van der Waals surface area contributed by atoms with E-state index in [4.69, 9.17) is 0 Å². The van der Waals surface area contributed by atoms with Crippen LogP contribution >= 0.6 is 0 Å². The average Bonchev–Trinajstić information content (AvgIpc) is 3.35. The second-order valence-corrected chi connectivity index (χ2v) is 19.7. The smallest absolute Gasteiger partial charge is 0.00958 e. The molecule has 66 heavy (non-hydrogen) atoms. The van der Waals surface area contributed by atoms with Gasteiger partial charge < -0.3 is 0 Å². The summed E-state index contributed by atoms with van der Waals surface area (Å²) >= 11 is 0. The van der Waals surface area contributed by atoms with E-state index in [0.717, 1.165) is 19.3 Å². The van der Waals surface area contributed by atoms with E-state index < -0.39 is 0 Å². The molecule has 0 amide bonds. The average molecular weight is 867 g/mol. The Morgan fingerprint density at radius 3 is 0.848 bits per heavy atom. The highest BCUT2D eigenvalue weighted by molar-refractivity contribution is 6.18. The van der Waals surface area contributed by atoms with Crippen molar-refractivity contribution in [1.82, 2.24) is 0 Å². The van der Waals surface area contributed by atoms with Crippen molar-refractivity contribution in [3.63, 3.8) is 0 Å². The van der Waals surface area contributed by atoms with Gasteiger partial charge >= 0.3 is 0 Å². The predicted molar refractivity (Wildman–Crippen MR) is 294 cm³/mol. The molecule has 0 aliphatic heterocycles. The summed E-state index contributed by atoms with van der Waals surface area (Å²) in [6.07, 6.45) is 26.9. The Morgan fingerprint density at radius 2 is 0.500 bits per heavy atom. The Morgan fingerprint density at radius 1 is 0.227 bits per heavy atom. The van der Waals surface area contributed by atoms with Gasteiger partial charge in [-0.2, -0.15) is 0 Å². The Bertz CT molecular complexity index is 2850. The van der Waals surface area contributed by atoms with Crippen LogP contribution in [-0.2, 0) is 19.3 Å². The molecule has 0 aromatic heterocycles. The molecule has 338 valence electrons. The molecule has 0 atom stereocenters. The fourth-order valence-electron chi connectivity index (χ4n) is 11.6. The zero-order valence-corrected chi connectivity index (χ0v) is 40.6. The lowest BCUT2D eigenvalue weighted by Crippen LogP contribution is -1.96. The van der Waals surface area contributed by atoms with Crippen molar-refractivity contribution in [3.8, 4) is 22.3 Å². The van der Waals surface area contributed by atoms with Crippen LogP contribution in [0.15, 0.2) is 140 Å². The van der Waals surface area contributed by atoms with Crippen molar-refractivity contribution in [3.05, 3.63) is 156 Å². The molecule has 0 saturated carbocycles. The van der Waals surface area contributed by atoms with Gasteiger partial charge in [-0.1, -0.05) is 238 Å². The van der Waals surface area contributed by atoms with E-state index >= 15 is 0 Å². The molecule has 0 unspecified atom stereocenters. The van der Waals surface area contributed by atoms with Gasteiger partial charge in [-0.15, -0.1) is 0 Å². The summed E-state index contributed by atoms with van der Waals surface area (Å²) < 4.78 is 0. The van der Waals surface area contributed by atoms with Gasteiger partial charge in [0, 0.05) is 0 Å². The molecule has 0 spiro atoms. The summed E-state index contributed by atoms with van der Waals surface area (Å²) in [6.45, 7) is 6.94. The minimum absolute atomic E-state index is 1.10. The number of fused-ring (bicyclic) bond motifs is 6. The van der Waals surface area contributed by atoms with Crippen LogP contribution in [0.4, 0.5) is 0 Å². The summed E-state index contributed by atoms with van der Waals surface area (Å²) in [5, 5.41) is 16.8.